The van der Waals surface area contributed by atoms with Gasteiger partial charge in [-0.15, -0.1) is 0 Å². The van der Waals surface area contributed by atoms with Crippen LogP contribution in [0.4, 0.5) is 11.5 Å². The van der Waals surface area contributed by atoms with Gasteiger partial charge in [-0.25, -0.2) is 4.79 Å². The maximum absolute atomic E-state index is 13.1. The highest BCUT2D eigenvalue weighted by atomic mass is 16.5. The lowest BCUT2D eigenvalue weighted by atomic mass is 10.2. The van der Waals surface area contributed by atoms with E-state index in [4.69, 9.17) is 10.5 Å². The Morgan fingerprint density at radius 1 is 1.15 bits per heavy atom. The number of amides is 1. The number of anilines is 2. The van der Waals surface area contributed by atoms with Crippen LogP contribution in [0.25, 0.3) is 0 Å². The summed E-state index contributed by atoms with van der Waals surface area (Å²) < 4.78 is 6.79. The van der Waals surface area contributed by atoms with Crippen LogP contribution in [0.15, 0.2) is 64.2 Å². The van der Waals surface area contributed by atoms with Crippen molar-refractivity contribution in [2.75, 3.05) is 23.8 Å². The molecule has 170 valence electrons. The SMILES string of the molecule is CC(C)CN(C(=O)COc1ccccc1C#N)c1c(N)n(Cc2ccccc2)c(=O)[nH]c1=O. The fourth-order valence-electron chi connectivity index (χ4n) is 3.35. The van der Waals surface area contributed by atoms with E-state index in [0.717, 1.165) is 5.56 Å². The molecule has 1 amide bonds. The molecule has 3 N–H and O–H groups in total. The third-order valence-corrected chi connectivity index (χ3v) is 4.87. The lowest BCUT2D eigenvalue weighted by Crippen LogP contribution is -2.44. The minimum absolute atomic E-state index is 0.00588. The van der Waals surface area contributed by atoms with Crippen LogP contribution in [-0.2, 0) is 11.3 Å². The first kappa shape index (κ1) is 23.3. The third-order valence-electron chi connectivity index (χ3n) is 4.87. The van der Waals surface area contributed by atoms with Crippen molar-refractivity contribution in [3.8, 4) is 11.8 Å². The molecule has 9 heteroatoms. The maximum atomic E-state index is 13.1. The van der Waals surface area contributed by atoms with E-state index >= 15 is 0 Å². The molecule has 2 aromatic carbocycles. The first-order valence-electron chi connectivity index (χ1n) is 10.4. The van der Waals surface area contributed by atoms with E-state index in [1.165, 1.54) is 9.47 Å². The molecule has 0 saturated carbocycles. The number of hydrogen-bond donors (Lipinski definition) is 2. The van der Waals surface area contributed by atoms with Gasteiger partial charge in [0.2, 0.25) is 0 Å². The minimum atomic E-state index is -0.756. The van der Waals surface area contributed by atoms with Crippen molar-refractivity contribution in [2.45, 2.75) is 20.4 Å². The Balaban J connectivity index is 1.97. The molecule has 0 aliphatic heterocycles. The molecular formula is C24H25N5O4. The van der Waals surface area contributed by atoms with Crippen molar-refractivity contribution in [1.29, 1.82) is 5.26 Å². The van der Waals surface area contributed by atoms with Crippen LogP contribution in [0.5, 0.6) is 5.75 Å². The lowest BCUT2D eigenvalue weighted by Gasteiger charge is -2.26. The molecule has 1 heterocycles. The molecule has 3 aromatic rings. The Kier molecular flexibility index (Phi) is 7.31. The number of nitriles is 1. The number of carbonyl (C=O) groups is 1. The number of rotatable bonds is 8. The van der Waals surface area contributed by atoms with Gasteiger partial charge in [0.25, 0.3) is 11.5 Å². The van der Waals surface area contributed by atoms with E-state index in [-0.39, 0.29) is 41.8 Å². The number of ether oxygens (including phenoxy) is 1. The number of nitrogens with two attached hydrogens (primary N) is 1. The molecule has 0 radical (unpaired) electrons. The number of carbonyl (C=O) groups excluding carboxylic acids is 1. The zero-order valence-electron chi connectivity index (χ0n) is 18.4. The van der Waals surface area contributed by atoms with Gasteiger partial charge < -0.3 is 15.4 Å². The Labute approximate surface area is 190 Å². The van der Waals surface area contributed by atoms with Gasteiger partial charge in [-0.3, -0.25) is 19.1 Å². The quantitative estimate of drug-likeness (QED) is 0.543. The molecule has 0 fully saturated rings. The topological polar surface area (TPSA) is 134 Å². The predicted octanol–water partition coefficient (Wildman–Crippen LogP) is 2.11. The number of aromatic amines is 1. The average molecular weight is 447 g/mol. The van der Waals surface area contributed by atoms with Gasteiger partial charge in [-0.1, -0.05) is 56.3 Å². The van der Waals surface area contributed by atoms with Gasteiger partial charge in [0.05, 0.1) is 12.1 Å². The standard InChI is InChI=1S/C24H25N5O4/c1-16(2)13-28(20(30)15-33-19-11-7-6-10-18(19)12-25)21-22(26)29(24(32)27-23(21)31)14-17-8-4-3-5-9-17/h3-11,16H,13-15,26H2,1-2H3,(H,27,31,32). The predicted molar refractivity (Wildman–Crippen MR) is 125 cm³/mol. The number of nitrogen functional groups attached to an aromatic ring is 1. The van der Waals surface area contributed by atoms with E-state index in [0.29, 0.717) is 0 Å². The summed E-state index contributed by atoms with van der Waals surface area (Å²) in [6, 6.07) is 17.7. The lowest BCUT2D eigenvalue weighted by molar-refractivity contribution is -0.120. The summed E-state index contributed by atoms with van der Waals surface area (Å²) >= 11 is 0. The molecular weight excluding hydrogens is 422 g/mol. The van der Waals surface area contributed by atoms with Crippen LogP contribution in [-0.4, -0.2) is 28.6 Å². The molecule has 0 aliphatic rings. The molecule has 33 heavy (non-hydrogen) atoms. The van der Waals surface area contributed by atoms with Crippen molar-refractivity contribution in [1.82, 2.24) is 9.55 Å². The highest BCUT2D eigenvalue weighted by Crippen LogP contribution is 2.21. The Morgan fingerprint density at radius 2 is 1.82 bits per heavy atom. The fourth-order valence-corrected chi connectivity index (χ4v) is 3.35. The van der Waals surface area contributed by atoms with Crippen molar-refractivity contribution >= 4 is 17.4 Å². The van der Waals surface area contributed by atoms with Crippen LogP contribution >= 0.6 is 0 Å². The van der Waals surface area contributed by atoms with Crippen molar-refractivity contribution in [3.63, 3.8) is 0 Å². The molecule has 0 unspecified atom stereocenters. The fraction of sp³-hybridized carbons (Fsp3) is 0.250. The number of H-pyrrole nitrogens is 1. The van der Waals surface area contributed by atoms with Gasteiger partial charge >= 0.3 is 5.69 Å². The molecule has 0 atom stereocenters. The van der Waals surface area contributed by atoms with Crippen LogP contribution in [0.1, 0.15) is 25.0 Å². The normalized spacial score (nSPS) is 10.6. The summed E-state index contributed by atoms with van der Waals surface area (Å²) in [5.41, 5.74) is 5.83. The summed E-state index contributed by atoms with van der Waals surface area (Å²) in [5, 5.41) is 9.22. The van der Waals surface area contributed by atoms with E-state index in [2.05, 4.69) is 4.98 Å². The molecule has 0 saturated heterocycles. The zero-order valence-corrected chi connectivity index (χ0v) is 18.4. The van der Waals surface area contributed by atoms with E-state index < -0.39 is 23.8 Å². The van der Waals surface area contributed by atoms with Gasteiger partial charge in [0.1, 0.15) is 17.6 Å². The average Bonchev–Trinajstić information content (AvgIpc) is 2.80. The van der Waals surface area contributed by atoms with E-state index in [1.807, 2.05) is 50.2 Å². The smallest absolute Gasteiger partial charge is 0.330 e. The molecule has 1 aromatic heterocycles. The van der Waals surface area contributed by atoms with Crippen molar-refractivity contribution in [2.24, 2.45) is 5.92 Å². The summed E-state index contributed by atoms with van der Waals surface area (Å²) in [6.07, 6.45) is 0. The zero-order chi connectivity index (χ0) is 24.0. The first-order chi connectivity index (χ1) is 15.8. The van der Waals surface area contributed by atoms with Gasteiger partial charge in [0.15, 0.2) is 12.3 Å². The van der Waals surface area contributed by atoms with E-state index in [9.17, 15) is 19.6 Å². The Hall–Kier alpha value is -4.32. The van der Waals surface area contributed by atoms with E-state index in [1.54, 1.807) is 24.3 Å². The van der Waals surface area contributed by atoms with Gasteiger partial charge in [-0.2, -0.15) is 5.26 Å². The number of hydrogen-bond acceptors (Lipinski definition) is 6. The molecule has 0 spiro atoms. The second kappa shape index (κ2) is 10.3. The largest absolute Gasteiger partial charge is 0.482 e. The van der Waals surface area contributed by atoms with Crippen LogP contribution in [0.2, 0.25) is 0 Å². The summed E-state index contributed by atoms with van der Waals surface area (Å²) in [7, 11) is 0. The minimum Gasteiger partial charge on any atom is -0.482 e. The van der Waals surface area contributed by atoms with Gasteiger partial charge in [0, 0.05) is 6.54 Å². The first-order valence-corrected chi connectivity index (χ1v) is 10.4. The number of nitrogens with one attached hydrogen (secondary N) is 1. The van der Waals surface area contributed by atoms with Gasteiger partial charge in [-0.05, 0) is 23.6 Å². The summed E-state index contributed by atoms with van der Waals surface area (Å²) in [5.74, 6) is -0.389. The van der Waals surface area contributed by atoms with Crippen molar-refractivity contribution in [3.05, 3.63) is 86.6 Å². The summed E-state index contributed by atoms with van der Waals surface area (Å²) in [6.45, 7) is 3.67. The Bertz CT molecular complexity index is 1290. The Morgan fingerprint density at radius 3 is 2.48 bits per heavy atom. The molecule has 9 nitrogen and oxygen atoms in total. The highest BCUT2D eigenvalue weighted by Gasteiger charge is 2.25. The number of para-hydroxylation sites is 1. The van der Waals surface area contributed by atoms with Crippen LogP contribution in [0.3, 0.4) is 0 Å². The number of nitrogens with zero attached hydrogens (tertiary/aromatic N) is 3. The summed E-state index contributed by atoms with van der Waals surface area (Å²) in [4.78, 5) is 41.9. The molecule has 0 bridgehead atoms. The maximum Gasteiger partial charge on any atom is 0.330 e. The second-order valence-corrected chi connectivity index (χ2v) is 7.86. The number of benzene rings is 2. The molecule has 3 rings (SSSR count). The second-order valence-electron chi connectivity index (χ2n) is 7.86. The van der Waals surface area contributed by atoms with Crippen LogP contribution in [0, 0.1) is 17.2 Å². The highest BCUT2D eigenvalue weighted by molar-refractivity contribution is 5.96. The molecule has 0 aliphatic carbocycles. The van der Waals surface area contributed by atoms with Crippen LogP contribution < -0.4 is 26.6 Å². The monoisotopic (exact) mass is 447 g/mol. The van der Waals surface area contributed by atoms with Crippen molar-refractivity contribution < 1.29 is 9.53 Å². The third kappa shape index (κ3) is 5.49. The number of aromatic nitrogens is 2.